The lowest BCUT2D eigenvalue weighted by Crippen LogP contribution is -2.52. The highest BCUT2D eigenvalue weighted by Crippen LogP contribution is 2.37. The fourth-order valence-electron chi connectivity index (χ4n) is 3.85. The number of rotatable bonds is 7. The maximum Gasteiger partial charge on any atom is 0.334 e. The minimum atomic E-state index is -4.14. The number of anilines is 2. The largest absolute Gasteiger partial charge is 0.334 e. The first-order valence-corrected chi connectivity index (χ1v) is 13.2. The van der Waals surface area contributed by atoms with Gasteiger partial charge in [-0.05, 0) is 50.9 Å². The second kappa shape index (κ2) is 9.80. The van der Waals surface area contributed by atoms with Crippen LogP contribution < -0.4 is 14.3 Å². The van der Waals surface area contributed by atoms with Gasteiger partial charge in [0.15, 0.2) is 0 Å². The van der Waals surface area contributed by atoms with E-state index in [1.54, 1.807) is 29.3 Å². The van der Waals surface area contributed by atoms with E-state index in [1.165, 1.54) is 10.5 Å². The molecule has 3 heterocycles. The standard InChI is InChI=1S/C21H34N6O3S2/c1-14(2)19-11-18(20(31-19)15(3)4)23-21(28)24-32(29,30)27(17-12-22-26(6)13-17)16-7-9-25(5)10-8-16/h11-16H,7-10H2,1-6H3,(H2,23,24,28). The Balaban J connectivity index is 1.83. The number of likely N-dealkylation sites (tertiary alicyclic amines) is 1. The molecular weight excluding hydrogens is 448 g/mol. The molecule has 2 amide bonds. The minimum absolute atomic E-state index is 0.213. The summed E-state index contributed by atoms with van der Waals surface area (Å²) >= 11 is 1.65. The van der Waals surface area contributed by atoms with Crippen molar-refractivity contribution in [2.75, 3.05) is 29.8 Å². The molecular formula is C21H34N6O3S2. The van der Waals surface area contributed by atoms with Crippen LogP contribution in [0.4, 0.5) is 16.2 Å². The lowest BCUT2D eigenvalue weighted by Gasteiger charge is -2.36. The Labute approximate surface area is 195 Å². The Kier molecular flexibility index (Phi) is 7.51. The van der Waals surface area contributed by atoms with Crippen molar-refractivity contribution in [1.29, 1.82) is 0 Å². The number of aromatic nitrogens is 2. The molecule has 0 aliphatic carbocycles. The molecule has 0 aromatic carbocycles. The number of nitrogens with zero attached hydrogens (tertiary/aromatic N) is 4. The van der Waals surface area contributed by atoms with Crippen LogP contribution in [0.15, 0.2) is 18.5 Å². The zero-order valence-corrected chi connectivity index (χ0v) is 21.3. The van der Waals surface area contributed by atoms with E-state index in [0.717, 1.165) is 22.8 Å². The van der Waals surface area contributed by atoms with Crippen molar-refractivity contribution in [3.05, 3.63) is 28.2 Å². The minimum Gasteiger partial charge on any atom is -0.306 e. The third kappa shape index (κ3) is 5.62. The van der Waals surface area contributed by atoms with Gasteiger partial charge < -0.3 is 10.2 Å². The Morgan fingerprint density at radius 2 is 1.84 bits per heavy atom. The van der Waals surface area contributed by atoms with Gasteiger partial charge in [-0.3, -0.25) is 4.68 Å². The normalized spacial score (nSPS) is 16.0. The zero-order valence-electron chi connectivity index (χ0n) is 19.6. The van der Waals surface area contributed by atoms with Gasteiger partial charge in [-0.15, -0.1) is 11.3 Å². The van der Waals surface area contributed by atoms with Crippen LogP contribution in [-0.2, 0) is 17.3 Å². The molecule has 0 radical (unpaired) electrons. The fraction of sp³-hybridized carbons (Fsp3) is 0.619. The zero-order chi connectivity index (χ0) is 23.6. The average Bonchev–Trinajstić information content (AvgIpc) is 3.29. The lowest BCUT2D eigenvalue weighted by molar-refractivity contribution is 0.254. The van der Waals surface area contributed by atoms with Gasteiger partial charge in [-0.25, -0.2) is 13.8 Å². The van der Waals surface area contributed by atoms with Crippen LogP contribution in [0.25, 0.3) is 0 Å². The lowest BCUT2D eigenvalue weighted by atomic mass is 10.1. The summed E-state index contributed by atoms with van der Waals surface area (Å²) in [5.74, 6) is 0.538. The van der Waals surface area contributed by atoms with Crippen LogP contribution in [0.3, 0.4) is 0 Å². The molecule has 1 saturated heterocycles. The van der Waals surface area contributed by atoms with E-state index in [9.17, 15) is 13.2 Å². The molecule has 0 saturated carbocycles. The number of carbonyl (C=O) groups excluding carboxylic acids is 1. The van der Waals surface area contributed by atoms with E-state index in [-0.39, 0.29) is 12.0 Å². The van der Waals surface area contributed by atoms with Crippen molar-refractivity contribution in [2.24, 2.45) is 7.05 Å². The average molecular weight is 483 g/mol. The SMILES string of the molecule is CC(C)c1cc(NC(=O)NS(=O)(=O)N(c2cnn(C)c2)C2CCN(C)CC2)c(C(C)C)s1. The molecule has 9 nitrogen and oxygen atoms in total. The first-order chi connectivity index (χ1) is 15.0. The topological polar surface area (TPSA) is 99.6 Å². The van der Waals surface area contributed by atoms with Crippen LogP contribution in [-0.4, -0.2) is 55.3 Å². The van der Waals surface area contributed by atoms with Gasteiger partial charge in [0.25, 0.3) is 0 Å². The highest BCUT2D eigenvalue weighted by atomic mass is 32.2. The first-order valence-electron chi connectivity index (χ1n) is 10.9. The van der Waals surface area contributed by atoms with Gasteiger partial charge in [-0.1, -0.05) is 27.7 Å². The molecule has 2 aromatic rings. The summed E-state index contributed by atoms with van der Waals surface area (Å²) in [7, 11) is -0.386. The summed E-state index contributed by atoms with van der Waals surface area (Å²) in [5, 5.41) is 6.90. The van der Waals surface area contributed by atoms with Crippen LogP contribution in [0, 0.1) is 0 Å². The van der Waals surface area contributed by atoms with Crippen LogP contribution in [0.5, 0.6) is 0 Å². The van der Waals surface area contributed by atoms with E-state index in [1.807, 2.05) is 13.1 Å². The Morgan fingerprint density at radius 1 is 1.19 bits per heavy atom. The molecule has 1 aliphatic heterocycles. The number of piperidine rings is 1. The summed E-state index contributed by atoms with van der Waals surface area (Å²) < 4.78 is 31.8. The van der Waals surface area contributed by atoms with Crippen LogP contribution in [0.1, 0.15) is 62.1 Å². The van der Waals surface area contributed by atoms with E-state index < -0.39 is 16.2 Å². The Morgan fingerprint density at radius 3 is 2.38 bits per heavy atom. The molecule has 11 heteroatoms. The quantitative estimate of drug-likeness (QED) is 0.627. The molecule has 0 spiro atoms. The van der Waals surface area contributed by atoms with Crippen molar-refractivity contribution in [2.45, 2.75) is 58.4 Å². The van der Waals surface area contributed by atoms with Gasteiger partial charge in [0, 0.05) is 29.0 Å². The van der Waals surface area contributed by atoms with Gasteiger partial charge in [0.2, 0.25) is 0 Å². The third-order valence-corrected chi connectivity index (χ3v) is 8.77. The number of hydrogen-bond acceptors (Lipinski definition) is 6. The second-order valence-electron chi connectivity index (χ2n) is 9.00. The van der Waals surface area contributed by atoms with Crippen molar-refractivity contribution < 1.29 is 13.2 Å². The number of aryl methyl sites for hydroxylation is 1. The summed E-state index contributed by atoms with van der Waals surface area (Å²) in [4.78, 5) is 17.1. The molecule has 0 atom stereocenters. The molecule has 32 heavy (non-hydrogen) atoms. The smallest absolute Gasteiger partial charge is 0.306 e. The number of thiophene rings is 1. The van der Waals surface area contributed by atoms with Crippen molar-refractivity contribution >= 4 is 39.0 Å². The van der Waals surface area contributed by atoms with Gasteiger partial charge >= 0.3 is 16.2 Å². The number of urea groups is 1. The van der Waals surface area contributed by atoms with Gasteiger partial charge in [-0.2, -0.15) is 13.5 Å². The highest BCUT2D eigenvalue weighted by molar-refractivity contribution is 7.91. The summed E-state index contributed by atoms with van der Waals surface area (Å²) in [6.07, 6.45) is 4.52. The molecule has 3 rings (SSSR count). The van der Waals surface area contributed by atoms with Crippen molar-refractivity contribution in [3.63, 3.8) is 0 Å². The van der Waals surface area contributed by atoms with E-state index in [0.29, 0.717) is 30.1 Å². The van der Waals surface area contributed by atoms with Gasteiger partial charge in [0.1, 0.15) is 0 Å². The monoisotopic (exact) mass is 482 g/mol. The third-order valence-electron chi connectivity index (χ3n) is 5.57. The number of carbonyl (C=O) groups is 1. The van der Waals surface area contributed by atoms with Crippen LogP contribution >= 0.6 is 11.3 Å². The molecule has 1 fully saturated rings. The molecule has 0 bridgehead atoms. The summed E-state index contributed by atoms with van der Waals surface area (Å²) in [5.41, 5.74) is 1.11. The maximum atomic E-state index is 13.4. The van der Waals surface area contributed by atoms with Crippen molar-refractivity contribution in [3.8, 4) is 0 Å². The number of nitrogens with one attached hydrogen (secondary N) is 2. The Hall–Kier alpha value is -2.11. The second-order valence-corrected chi connectivity index (χ2v) is 11.7. The predicted octanol–water partition coefficient (Wildman–Crippen LogP) is 3.70. The van der Waals surface area contributed by atoms with E-state index in [2.05, 4.69) is 47.7 Å². The number of hydrogen-bond donors (Lipinski definition) is 2. The highest BCUT2D eigenvalue weighted by Gasteiger charge is 2.34. The maximum absolute atomic E-state index is 13.4. The van der Waals surface area contributed by atoms with Gasteiger partial charge in [0.05, 0.1) is 17.6 Å². The molecule has 1 aliphatic rings. The number of amides is 2. The van der Waals surface area contributed by atoms with E-state index >= 15 is 0 Å². The fourth-order valence-corrected chi connectivity index (χ4v) is 6.33. The summed E-state index contributed by atoms with van der Waals surface area (Å²) in [6.45, 7) is 9.87. The van der Waals surface area contributed by atoms with Crippen LogP contribution in [0.2, 0.25) is 0 Å². The van der Waals surface area contributed by atoms with Crippen molar-refractivity contribution in [1.82, 2.24) is 19.4 Å². The predicted molar refractivity (Wildman–Crippen MR) is 130 cm³/mol. The molecule has 178 valence electrons. The van der Waals surface area contributed by atoms with E-state index in [4.69, 9.17) is 0 Å². The molecule has 2 aromatic heterocycles. The first kappa shape index (κ1) is 24.5. The Bertz CT molecular complexity index is 1040. The molecule has 2 N–H and O–H groups in total. The summed E-state index contributed by atoms with van der Waals surface area (Å²) in [6, 6.07) is 0.926. The molecule has 0 unspecified atom stereocenters.